The smallest absolute Gasteiger partial charge is 0.317 e. The van der Waals surface area contributed by atoms with E-state index >= 15 is 0 Å². The van der Waals surface area contributed by atoms with E-state index < -0.39 is 0 Å². The molecule has 6 heteroatoms. The summed E-state index contributed by atoms with van der Waals surface area (Å²) in [5.41, 5.74) is 6.30. The third kappa shape index (κ3) is 4.36. The molecule has 114 valence electrons. The van der Waals surface area contributed by atoms with Crippen LogP contribution in [-0.2, 0) is 11.2 Å². The minimum absolute atomic E-state index is 0.0926. The summed E-state index contributed by atoms with van der Waals surface area (Å²) in [4.78, 5) is 24.8. The Labute approximate surface area is 129 Å². The Morgan fingerprint density at radius 2 is 1.95 bits per heavy atom. The Hall–Kier alpha value is -1.75. The summed E-state index contributed by atoms with van der Waals surface area (Å²) in [6.45, 7) is 1.69. The van der Waals surface area contributed by atoms with E-state index in [0.29, 0.717) is 43.9 Å². The molecule has 0 radical (unpaired) electrons. The highest BCUT2D eigenvalue weighted by atomic mass is 35.5. The number of rotatable bonds is 4. The van der Waals surface area contributed by atoms with Crippen molar-refractivity contribution in [2.45, 2.75) is 19.3 Å². The van der Waals surface area contributed by atoms with Crippen molar-refractivity contribution in [3.8, 4) is 0 Å². The second kappa shape index (κ2) is 7.31. The molecule has 1 fully saturated rings. The molecule has 0 unspecified atom stereocenters. The molecule has 1 heterocycles. The lowest BCUT2D eigenvalue weighted by Crippen LogP contribution is -2.46. The normalized spacial score (nSPS) is 15.8. The number of urea groups is 1. The number of likely N-dealkylation sites (tertiary alicyclic amines) is 1. The van der Waals surface area contributed by atoms with Crippen LogP contribution in [0.1, 0.15) is 18.4 Å². The molecule has 0 atom stereocenters. The highest BCUT2D eigenvalue weighted by molar-refractivity contribution is 6.31. The monoisotopic (exact) mass is 309 g/mol. The van der Waals surface area contributed by atoms with Crippen molar-refractivity contribution < 1.29 is 9.59 Å². The van der Waals surface area contributed by atoms with Gasteiger partial charge in [-0.15, -0.1) is 0 Å². The zero-order valence-corrected chi connectivity index (χ0v) is 12.6. The van der Waals surface area contributed by atoms with Crippen LogP contribution in [0.3, 0.4) is 0 Å². The molecule has 1 aromatic rings. The maximum Gasteiger partial charge on any atom is 0.317 e. The molecule has 3 N–H and O–H groups in total. The fourth-order valence-electron chi connectivity index (χ4n) is 2.48. The molecule has 5 nitrogen and oxygen atoms in total. The topological polar surface area (TPSA) is 75.4 Å². The van der Waals surface area contributed by atoms with Crippen LogP contribution < -0.4 is 11.1 Å². The summed E-state index contributed by atoms with van der Waals surface area (Å²) in [6, 6.07) is 7.51. The molecule has 0 spiro atoms. The van der Waals surface area contributed by atoms with Crippen LogP contribution in [-0.4, -0.2) is 36.5 Å². The van der Waals surface area contributed by atoms with Crippen LogP contribution in [0, 0.1) is 5.92 Å². The van der Waals surface area contributed by atoms with Crippen LogP contribution >= 0.6 is 11.6 Å². The van der Waals surface area contributed by atoms with Gasteiger partial charge in [0.2, 0.25) is 5.91 Å². The molecule has 1 aliphatic heterocycles. The predicted octanol–water partition coefficient (Wildman–Crippen LogP) is 1.79. The van der Waals surface area contributed by atoms with Crippen LogP contribution in [0.25, 0.3) is 0 Å². The van der Waals surface area contributed by atoms with Gasteiger partial charge in [-0.1, -0.05) is 29.8 Å². The number of nitrogens with one attached hydrogen (secondary N) is 1. The number of carbonyl (C=O) groups excluding carboxylic acids is 2. The fourth-order valence-corrected chi connectivity index (χ4v) is 2.71. The number of primary amides is 1. The number of benzene rings is 1. The lowest BCUT2D eigenvalue weighted by atomic mass is 9.96. The zero-order chi connectivity index (χ0) is 15.2. The van der Waals surface area contributed by atoms with E-state index in [1.54, 1.807) is 4.90 Å². The van der Waals surface area contributed by atoms with Crippen molar-refractivity contribution in [2.24, 2.45) is 11.7 Å². The van der Waals surface area contributed by atoms with Gasteiger partial charge >= 0.3 is 6.03 Å². The summed E-state index contributed by atoms with van der Waals surface area (Å²) in [7, 11) is 0. The van der Waals surface area contributed by atoms with Crippen molar-refractivity contribution in [3.63, 3.8) is 0 Å². The summed E-state index contributed by atoms with van der Waals surface area (Å²) in [6.07, 6.45) is 1.99. The van der Waals surface area contributed by atoms with Crippen molar-refractivity contribution in [1.82, 2.24) is 10.2 Å². The van der Waals surface area contributed by atoms with E-state index in [4.69, 9.17) is 17.3 Å². The van der Waals surface area contributed by atoms with Gasteiger partial charge in [0.1, 0.15) is 0 Å². The first-order valence-corrected chi connectivity index (χ1v) is 7.51. The standard InChI is InChI=1S/C15H20ClN3O2/c16-13-4-2-1-3-11(13)5-8-18-15(21)19-9-6-12(7-10-19)14(17)20/h1-4,12H,5-10H2,(H2,17,20)(H,18,21). The van der Waals surface area contributed by atoms with Crippen molar-refractivity contribution in [1.29, 1.82) is 0 Å². The number of nitrogens with zero attached hydrogens (tertiary/aromatic N) is 1. The molecule has 1 aromatic carbocycles. The van der Waals surface area contributed by atoms with Gasteiger partial charge in [0, 0.05) is 30.6 Å². The minimum atomic E-state index is -0.270. The zero-order valence-electron chi connectivity index (χ0n) is 11.8. The molecular formula is C15H20ClN3O2. The van der Waals surface area contributed by atoms with E-state index in [1.165, 1.54) is 0 Å². The number of nitrogens with two attached hydrogens (primary N) is 1. The Kier molecular flexibility index (Phi) is 5.44. The molecule has 0 saturated carbocycles. The summed E-state index contributed by atoms with van der Waals surface area (Å²) in [5.74, 6) is -0.369. The highest BCUT2D eigenvalue weighted by Gasteiger charge is 2.25. The molecule has 1 aliphatic rings. The van der Waals surface area contributed by atoms with E-state index in [1.807, 2.05) is 24.3 Å². The van der Waals surface area contributed by atoms with Gasteiger partial charge in [-0.3, -0.25) is 4.79 Å². The quantitative estimate of drug-likeness (QED) is 0.889. The molecule has 0 bridgehead atoms. The number of amides is 3. The van der Waals surface area contributed by atoms with E-state index in [-0.39, 0.29) is 17.9 Å². The van der Waals surface area contributed by atoms with Crippen molar-refractivity contribution in [3.05, 3.63) is 34.9 Å². The minimum Gasteiger partial charge on any atom is -0.369 e. The summed E-state index contributed by atoms with van der Waals surface area (Å²) < 4.78 is 0. The molecule has 21 heavy (non-hydrogen) atoms. The van der Waals surface area contributed by atoms with Crippen molar-refractivity contribution >= 4 is 23.5 Å². The second-order valence-corrected chi connectivity index (χ2v) is 5.64. The molecule has 2 rings (SSSR count). The molecule has 0 aromatic heterocycles. The largest absolute Gasteiger partial charge is 0.369 e. The van der Waals surface area contributed by atoms with Gasteiger partial charge in [0.15, 0.2) is 0 Å². The average Bonchev–Trinajstić information content (AvgIpc) is 2.49. The summed E-state index contributed by atoms with van der Waals surface area (Å²) >= 11 is 6.07. The number of piperidine rings is 1. The van der Waals surface area contributed by atoms with Gasteiger partial charge in [0.05, 0.1) is 0 Å². The van der Waals surface area contributed by atoms with Crippen LogP contribution in [0.2, 0.25) is 5.02 Å². The SMILES string of the molecule is NC(=O)C1CCN(C(=O)NCCc2ccccc2Cl)CC1. The van der Waals surface area contributed by atoms with Gasteiger partial charge in [0.25, 0.3) is 0 Å². The lowest BCUT2D eigenvalue weighted by molar-refractivity contribution is -0.123. The first-order valence-electron chi connectivity index (χ1n) is 7.13. The first kappa shape index (κ1) is 15.6. The Morgan fingerprint density at radius 3 is 2.57 bits per heavy atom. The maximum absolute atomic E-state index is 12.0. The molecule has 1 saturated heterocycles. The molecular weight excluding hydrogens is 290 g/mol. The first-order chi connectivity index (χ1) is 10.1. The van der Waals surface area contributed by atoms with Gasteiger partial charge < -0.3 is 16.0 Å². The van der Waals surface area contributed by atoms with Crippen LogP contribution in [0.5, 0.6) is 0 Å². The number of halogens is 1. The van der Waals surface area contributed by atoms with Gasteiger partial charge in [-0.25, -0.2) is 4.79 Å². The maximum atomic E-state index is 12.0. The van der Waals surface area contributed by atoms with Gasteiger partial charge in [-0.05, 0) is 30.9 Å². The Balaban J connectivity index is 1.73. The third-order valence-corrected chi connectivity index (χ3v) is 4.18. The lowest BCUT2D eigenvalue weighted by Gasteiger charge is -2.30. The fraction of sp³-hybridized carbons (Fsp3) is 0.467. The van der Waals surface area contributed by atoms with Crippen LogP contribution in [0.15, 0.2) is 24.3 Å². The Morgan fingerprint density at radius 1 is 1.29 bits per heavy atom. The summed E-state index contributed by atoms with van der Waals surface area (Å²) in [5, 5.41) is 3.60. The number of hydrogen-bond acceptors (Lipinski definition) is 2. The average molecular weight is 310 g/mol. The third-order valence-electron chi connectivity index (χ3n) is 3.81. The van der Waals surface area contributed by atoms with E-state index in [2.05, 4.69) is 5.32 Å². The highest BCUT2D eigenvalue weighted by Crippen LogP contribution is 2.17. The van der Waals surface area contributed by atoms with Crippen molar-refractivity contribution in [2.75, 3.05) is 19.6 Å². The van der Waals surface area contributed by atoms with Crippen LogP contribution in [0.4, 0.5) is 4.79 Å². The molecule has 0 aliphatic carbocycles. The number of carbonyl (C=O) groups is 2. The number of hydrogen-bond donors (Lipinski definition) is 2. The van der Waals surface area contributed by atoms with Gasteiger partial charge in [-0.2, -0.15) is 0 Å². The second-order valence-electron chi connectivity index (χ2n) is 5.24. The predicted molar refractivity (Wildman–Crippen MR) is 82.0 cm³/mol. The molecule has 3 amide bonds. The van der Waals surface area contributed by atoms with E-state index in [9.17, 15) is 9.59 Å². The Bertz CT molecular complexity index is 513. The van der Waals surface area contributed by atoms with E-state index in [0.717, 1.165) is 5.56 Å².